The normalized spacial score (nSPS) is 12.4. The molecule has 0 aromatic carbocycles. The van der Waals surface area contributed by atoms with Gasteiger partial charge in [-0.2, -0.15) is 13.2 Å². The Morgan fingerprint density at radius 1 is 1.33 bits per heavy atom. The highest BCUT2D eigenvalue weighted by Gasteiger charge is 2.26. The average molecular weight is 347 g/mol. The summed E-state index contributed by atoms with van der Waals surface area (Å²) in [6, 6.07) is 1.14. The van der Waals surface area contributed by atoms with Crippen LogP contribution >= 0.6 is 11.6 Å². The van der Waals surface area contributed by atoms with Gasteiger partial charge in [0.15, 0.2) is 5.82 Å². The molecule has 0 bridgehead atoms. The van der Waals surface area contributed by atoms with Crippen molar-refractivity contribution in [3.8, 4) is 0 Å². The Kier molecular flexibility index (Phi) is 6.20. The first kappa shape index (κ1) is 18.0. The van der Waals surface area contributed by atoms with Crippen molar-refractivity contribution in [1.82, 2.24) is 9.71 Å². The number of hydrogen-bond donors (Lipinski definition) is 3. The average Bonchev–Trinajstić information content (AvgIpc) is 2.36. The summed E-state index contributed by atoms with van der Waals surface area (Å²) in [7, 11) is -3.87. The first-order chi connectivity index (χ1) is 9.65. The third kappa shape index (κ3) is 6.04. The molecule has 0 aliphatic heterocycles. The molecule has 0 fully saturated rings. The molecule has 0 saturated carbocycles. The Morgan fingerprint density at radius 2 is 2.00 bits per heavy atom. The lowest BCUT2D eigenvalue weighted by molar-refractivity contribution is -0.135. The molecule has 0 atom stereocenters. The number of hydrogen-bond acceptors (Lipinski definition) is 5. The quantitative estimate of drug-likeness (QED) is 0.399. The number of anilines is 1. The Hall–Kier alpha value is -1.10. The lowest BCUT2D eigenvalue weighted by atomic mass is 10.2. The number of nitrogens with two attached hydrogens (primary N) is 1. The predicted octanol–water partition coefficient (Wildman–Crippen LogP) is 2.03. The van der Waals surface area contributed by atoms with E-state index in [1.807, 2.05) is 0 Å². The van der Waals surface area contributed by atoms with E-state index in [1.54, 1.807) is 0 Å². The van der Waals surface area contributed by atoms with Crippen LogP contribution in [0.5, 0.6) is 0 Å². The molecule has 1 heterocycles. The minimum atomic E-state index is -4.23. The summed E-state index contributed by atoms with van der Waals surface area (Å²) in [6.07, 6.45) is -4.22. The molecule has 4 N–H and O–H groups in total. The molecule has 0 amide bonds. The summed E-state index contributed by atoms with van der Waals surface area (Å²) in [6.45, 7) is -0.104. The number of nitrogens with one attached hydrogen (secondary N) is 2. The molecule has 11 heteroatoms. The van der Waals surface area contributed by atoms with E-state index in [0.29, 0.717) is 0 Å². The van der Waals surface area contributed by atoms with Crippen molar-refractivity contribution in [2.75, 3.05) is 12.0 Å². The number of aromatic nitrogens is 1. The van der Waals surface area contributed by atoms with Crippen LogP contribution in [0.4, 0.5) is 19.0 Å². The number of alkyl halides is 3. The fraction of sp³-hybridized carbons (Fsp3) is 0.500. The van der Waals surface area contributed by atoms with Crippen molar-refractivity contribution in [1.29, 1.82) is 0 Å². The summed E-state index contributed by atoms with van der Waals surface area (Å²) >= 11 is 5.75. The Labute approximate surface area is 124 Å². The molecule has 0 radical (unpaired) electrons. The molecule has 0 aliphatic rings. The van der Waals surface area contributed by atoms with Crippen LogP contribution in [0.2, 0.25) is 5.02 Å². The van der Waals surface area contributed by atoms with E-state index in [4.69, 9.17) is 17.4 Å². The van der Waals surface area contributed by atoms with Gasteiger partial charge in [0.1, 0.15) is 4.90 Å². The maximum absolute atomic E-state index is 11.9. The first-order valence-corrected chi connectivity index (χ1v) is 7.70. The van der Waals surface area contributed by atoms with Crippen LogP contribution in [-0.2, 0) is 10.0 Å². The van der Waals surface area contributed by atoms with Gasteiger partial charge in [0, 0.05) is 19.2 Å². The molecule has 0 aliphatic carbocycles. The lowest BCUT2D eigenvalue weighted by Gasteiger charge is -2.09. The summed E-state index contributed by atoms with van der Waals surface area (Å²) < 4.78 is 61.7. The van der Waals surface area contributed by atoms with Gasteiger partial charge in [-0.15, -0.1) is 0 Å². The van der Waals surface area contributed by atoms with Crippen LogP contribution in [0.1, 0.15) is 19.3 Å². The van der Waals surface area contributed by atoms with Gasteiger partial charge in [-0.3, -0.25) is 0 Å². The molecule has 1 aromatic heterocycles. The van der Waals surface area contributed by atoms with E-state index in [1.165, 1.54) is 0 Å². The van der Waals surface area contributed by atoms with Crippen molar-refractivity contribution in [2.45, 2.75) is 30.3 Å². The van der Waals surface area contributed by atoms with Gasteiger partial charge in [0.25, 0.3) is 0 Å². The monoisotopic (exact) mass is 346 g/mol. The van der Waals surface area contributed by atoms with Crippen LogP contribution < -0.4 is 16.0 Å². The van der Waals surface area contributed by atoms with Crippen molar-refractivity contribution in [2.24, 2.45) is 5.84 Å². The van der Waals surface area contributed by atoms with Crippen LogP contribution in [-0.4, -0.2) is 26.1 Å². The van der Waals surface area contributed by atoms with Crippen LogP contribution in [0, 0.1) is 0 Å². The maximum atomic E-state index is 11.9. The van der Waals surface area contributed by atoms with Gasteiger partial charge in [-0.25, -0.2) is 24.0 Å². The van der Waals surface area contributed by atoms with E-state index < -0.39 is 22.6 Å². The number of pyridine rings is 1. The van der Waals surface area contributed by atoms with E-state index in [2.05, 4.69) is 15.1 Å². The largest absolute Gasteiger partial charge is 0.389 e. The number of sulfonamides is 1. The van der Waals surface area contributed by atoms with Crippen LogP contribution in [0.25, 0.3) is 0 Å². The van der Waals surface area contributed by atoms with Gasteiger partial charge in [-0.05, 0) is 18.9 Å². The van der Waals surface area contributed by atoms with Gasteiger partial charge < -0.3 is 5.43 Å². The molecule has 1 rings (SSSR count). The Morgan fingerprint density at radius 3 is 2.52 bits per heavy atom. The molecule has 0 saturated heterocycles. The zero-order valence-corrected chi connectivity index (χ0v) is 12.3. The number of halogens is 4. The van der Waals surface area contributed by atoms with Gasteiger partial charge in [0.2, 0.25) is 10.0 Å². The van der Waals surface area contributed by atoms with Gasteiger partial charge >= 0.3 is 6.18 Å². The van der Waals surface area contributed by atoms with E-state index in [9.17, 15) is 21.6 Å². The molecule has 0 spiro atoms. The summed E-state index contributed by atoms with van der Waals surface area (Å²) in [5.74, 6) is 5.22. The predicted molar refractivity (Wildman–Crippen MR) is 72.2 cm³/mol. The standard InChI is InChI=1S/C10H14ClF3N4O2S/c11-8-5-7(6-16-9(8)18-15)21(19,20)17-4-2-1-3-10(12,13)14/h5-6,17H,1-4,15H2,(H,16,18). The maximum Gasteiger partial charge on any atom is 0.389 e. The fourth-order valence-electron chi connectivity index (χ4n) is 1.41. The topological polar surface area (TPSA) is 97.1 Å². The SMILES string of the molecule is NNc1ncc(S(=O)(=O)NCCCCC(F)(F)F)cc1Cl. The Balaban J connectivity index is 2.56. The summed E-state index contributed by atoms with van der Waals surface area (Å²) in [5.41, 5.74) is 2.18. The highest BCUT2D eigenvalue weighted by atomic mass is 35.5. The molecular formula is C10H14ClF3N4O2S. The molecule has 120 valence electrons. The molecule has 21 heavy (non-hydrogen) atoms. The number of nitrogens with zero attached hydrogens (tertiary/aromatic N) is 1. The van der Waals surface area contributed by atoms with E-state index >= 15 is 0 Å². The highest BCUT2D eigenvalue weighted by Crippen LogP contribution is 2.23. The zero-order chi connectivity index (χ0) is 16.1. The number of hydrazine groups is 1. The minimum absolute atomic E-state index is 0.0115. The third-order valence-electron chi connectivity index (χ3n) is 2.44. The fourth-order valence-corrected chi connectivity index (χ4v) is 2.74. The van der Waals surface area contributed by atoms with Crippen LogP contribution in [0.15, 0.2) is 17.2 Å². The Bertz CT molecular complexity index is 580. The van der Waals surface area contributed by atoms with Gasteiger partial charge in [0.05, 0.1) is 5.02 Å². The van der Waals surface area contributed by atoms with E-state index in [0.717, 1.165) is 12.3 Å². The smallest absolute Gasteiger partial charge is 0.307 e. The van der Waals surface area contributed by atoms with Crippen LogP contribution in [0.3, 0.4) is 0 Å². The first-order valence-electron chi connectivity index (χ1n) is 5.84. The summed E-state index contributed by atoms with van der Waals surface area (Å²) in [5, 5.41) is 0.0115. The van der Waals surface area contributed by atoms with Crippen molar-refractivity contribution < 1.29 is 21.6 Å². The lowest BCUT2D eigenvalue weighted by Crippen LogP contribution is -2.25. The number of unbranched alkanes of at least 4 members (excludes halogenated alkanes) is 1. The molecule has 0 unspecified atom stereocenters. The van der Waals surface area contributed by atoms with Crippen molar-refractivity contribution in [3.05, 3.63) is 17.3 Å². The second-order valence-corrected chi connectivity index (χ2v) is 6.29. The van der Waals surface area contributed by atoms with E-state index in [-0.39, 0.29) is 35.1 Å². The minimum Gasteiger partial charge on any atom is -0.307 e. The summed E-state index contributed by atoms with van der Waals surface area (Å²) in [4.78, 5) is 3.51. The van der Waals surface area contributed by atoms with Crippen molar-refractivity contribution >= 4 is 27.4 Å². The highest BCUT2D eigenvalue weighted by molar-refractivity contribution is 7.89. The molecular weight excluding hydrogens is 333 g/mol. The number of nitrogen functional groups attached to an aromatic ring is 1. The number of rotatable bonds is 7. The second kappa shape index (κ2) is 7.25. The van der Waals surface area contributed by atoms with Crippen molar-refractivity contribution in [3.63, 3.8) is 0 Å². The van der Waals surface area contributed by atoms with Gasteiger partial charge in [-0.1, -0.05) is 11.6 Å². The molecule has 6 nitrogen and oxygen atoms in total. The third-order valence-corrected chi connectivity index (χ3v) is 4.16. The zero-order valence-electron chi connectivity index (χ0n) is 10.7. The second-order valence-electron chi connectivity index (χ2n) is 4.12. The molecule has 1 aromatic rings.